The van der Waals surface area contributed by atoms with Gasteiger partial charge in [0.05, 0.1) is 10.7 Å². The van der Waals surface area contributed by atoms with Gasteiger partial charge in [0, 0.05) is 42.8 Å². The van der Waals surface area contributed by atoms with Crippen LogP contribution in [0.1, 0.15) is 12.0 Å². The van der Waals surface area contributed by atoms with Crippen LogP contribution in [0.25, 0.3) is 10.9 Å². The monoisotopic (exact) mass is 360 g/mol. The standard InChI is InChI=1S/C16H17BrN4O/c17-13-10-20-21(11-13)8-6-16(22)18-7-5-12-9-19-15-4-2-1-3-14(12)15/h1-4,9-11,19H,5-8H2,(H,18,22). The second-order valence-electron chi connectivity index (χ2n) is 5.13. The molecule has 0 aliphatic rings. The van der Waals surface area contributed by atoms with E-state index in [4.69, 9.17) is 0 Å². The predicted octanol–water partition coefficient (Wildman–Crippen LogP) is 2.88. The Morgan fingerprint density at radius 2 is 2.23 bits per heavy atom. The van der Waals surface area contributed by atoms with Crippen molar-refractivity contribution in [1.82, 2.24) is 20.1 Å². The largest absolute Gasteiger partial charge is 0.361 e. The molecule has 0 radical (unpaired) electrons. The van der Waals surface area contributed by atoms with Crippen LogP contribution < -0.4 is 5.32 Å². The highest BCUT2D eigenvalue weighted by Crippen LogP contribution is 2.17. The molecular formula is C16H17BrN4O. The highest BCUT2D eigenvalue weighted by molar-refractivity contribution is 9.10. The van der Waals surface area contributed by atoms with E-state index in [1.54, 1.807) is 10.9 Å². The van der Waals surface area contributed by atoms with Crippen LogP contribution in [-0.2, 0) is 17.8 Å². The van der Waals surface area contributed by atoms with Gasteiger partial charge in [-0.05, 0) is 34.0 Å². The van der Waals surface area contributed by atoms with E-state index in [1.807, 2.05) is 24.5 Å². The van der Waals surface area contributed by atoms with E-state index in [2.05, 4.69) is 43.5 Å². The summed E-state index contributed by atoms with van der Waals surface area (Å²) in [5.74, 6) is 0.0477. The molecule has 0 atom stereocenters. The van der Waals surface area contributed by atoms with Crippen LogP contribution >= 0.6 is 15.9 Å². The molecule has 1 aromatic carbocycles. The fraction of sp³-hybridized carbons (Fsp3) is 0.250. The molecule has 2 heterocycles. The van der Waals surface area contributed by atoms with E-state index in [0.717, 1.165) is 16.4 Å². The number of aryl methyl sites for hydroxylation is 1. The summed E-state index contributed by atoms with van der Waals surface area (Å²) in [5.41, 5.74) is 2.36. The van der Waals surface area contributed by atoms with Crippen molar-refractivity contribution in [1.29, 1.82) is 0 Å². The lowest BCUT2D eigenvalue weighted by molar-refractivity contribution is -0.121. The maximum Gasteiger partial charge on any atom is 0.221 e. The average molecular weight is 361 g/mol. The average Bonchev–Trinajstić information content (AvgIpc) is 3.12. The summed E-state index contributed by atoms with van der Waals surface area (Å²) < 4.78 is 2.68. The number of hydrogen-bond donors (Lipinski definition) is 2. The first-order chi connectivity index (χ1) is 10.7. The molecule has 114 valence electrons. The molecule has 22 heavy (non-hydrogen) atoms. The van der Waals surface area contributed by atoms with Gasteiger partial charge in [-0.2, -0.15) is 5.10 Å². The van der Waals surface area contributed by atoms with Crippen LogP contribution in [0.3, 0.4) is 0 Å². The van der Waals surface area contributed by atoms with Gasteiger partial charge < -0.3 is 10.3 Å². The van der Waals surface area contributed by atoms with E-state index in [-0.39, 0.29) is 5.91 Å². The number of aromatic amines is 1. The molecule has 0 unspecified atom stereocenters. The zero-order chi connectivity index (χ0) is 15.4. The summed E-state index contributed by atoms with van der Waals surface area (Å²) in [6, 6.07) is 8.19. The molecule has 2 N–H and O–H groups in total. The first kappa shape index (κ1) is 14.8. The third kappa shape index (κ3) is 3.57. The van der Waals surface area contributed by atoms with E-state index >= 15 is 0 Å². The van der Waals surface area contributed by atoms with E-state index in [0.29, 0.717) is 19.5 Å². The van der Waals surface area contributed by atoms with Gasteiger partial charge in [0.15, 0.2) is 0 Å². The fourth-order valence-electron chi connectivity index (χ4n) is 2.44. The molecule has 3 aromatic rings. The Hall–Kier alpha value is -2.08. The van der Waals surface area contributed by atoms with E-state index in [9.17, 15) is 4.79 Å². The number of rotatable bonds is 6. The Morgan fingerprint density at radius 1 is 1.36 bits per heavy atom. The van der Waals surface area contributed by atoms with Crippen LogP contribution in [0.2, 0.25) is 0 Å². The molecule has 1 amide bonds. The summed E-state index contributed by atoms with van der Waals surface area (Å²) >= 11 is 3.34. The molecule has 0 aliphatic heterocycles. The maximum absolute atomic E-state index is 11.8. The number of amides is 1. The van der Waals surface area contributed by atoms with E-state index in [1.165, 1.54) is 10.9 Å². The summed E-state index contributed by atoms with van der Waals surface area (Å²) in [6.45, 7) is 1.23. The molecule has 6 heteroatoms. The number of carbonyl (C=O) groups excluding carboxylic acids is 1. The van der Waals surface area contributed by atoms with Gasteiger partial charge in [0.2, 0.25) is 5.91 Å². The molecule has 2 aromatic heterocycles. The van der Waals surface area contributed by atoms with Gasteiger partial charge in [-0.15, -0.1) is 0 Å². The van der Waals surface area contributed by atoms with E-state index < -0.39 is 0 Å². The van der Waals surface area contributed by atoms with Crippen molar-refractivity contribution < 1.29 is 4.79 Å². The number of hydrogen-bond acceptors (Lipinski definition) is 2. The van der Waals surface area contributed by atoms with Crippen LogP contribution in [0, 0.1) is 0 Å². The number of nitrogens with zero attached hydrogens (tertiary/aromatic N) is 2. The minimum atomic E-state index is 0.0477. The highest BCUT2D eigenvalue weighted by Gasteiger charge is 2.05. The number of nitrogens with one attached hydrogen (secondary N) is 2. The Bertz CT molecular complexity index is 777. The van der Waals surface area contributed by atoms with Crippen molar-refractivity contribution >= 4 is 32.7 Å². The highest BCUT2D eigenvalue weighted by atomic mass is 79.9. The number of benzene rings is 1. The molecule has 0 fully saturated rings. The number of carbonyl (C=O) groups is 1. The van der Waals surface area contributed by atoms with Crippen LogP contribution in [-0.4, -0.2) is 27.2 Å². The number of H-pyrrole nitrogens is 1. The van der Waals surface area contributed by atoms with Crippen molar-refractivity contribution in [3.8, 4) is 0 Å². The lowest BCUT2D eigenvalue weighted by Crippen LogP contribution is -2.26. The Labute approximate surface area is 136 Å². The molecular weight excluding hydrogens is 344 g/mol. The number of para-hydroxylation sites is 1. The second kappa shape index (κ2) is 6.79. The maximum atomic E-state index is 11.8. The van der Waals surface area contributed by atoms with Crippen molar-refractivity contribution in [3.05, 3.63) is 52.9 Å². The molecule has 0 saturated carbocycles. The summed E-state index contributed by atoms with van der Waals surface area (Å²) in [5, 5.41) is 8.31. The van der Waals surface area contributed by atoms with Gasteiger partial charge in [-0.3, -0.25) is 9.48 Å². The third-order valence-corrected chi connectivity index (χ3v) is 3.97. The van der Waals surface area contributed by atoms with Gasteiger partial charge in [0.1, 0.15) is 0 Å². The lowest BCUT2D eigenvalue weighted by Gasteiger charge is -2.05. The van der Waals surface area contributed by atoms with Gasteiger partial charge in [-0.25, -0.2) is 0 Å². The SMILES string of the molecule is O=C(CCn1cc(Br)cn1)NCCc1c[nH]c2ccccc12. The van der Waals surface area contributed by atoms with Gasteiger partial charge in [0.25, 0.3) is 0 Å². The molecule has 0 aliphatic carbocycles. The Balaban J connectivity index is 1.45. The minimum absolute atomic E-state index is 0.0477. The zero-order valence-corrected chi connectivity index (χ0v) is 13.6. The van der Waals surface area contributed by atoms with Crippen LogP contribution in [0.4, 0.5) is 0 Å². The normalized spacial score (nSPS) is 11.0. The second-order valence-corrected chi connectivity index (χ2v) is 6.05. The molecule has 5 nitrogen and oxygen atoms in total. The van der Waals surface area contributed by atoms with Crippen molar-refractivity contribution in [2.24, 2.45) is 0 Å². The van der Waals surface area contributed by atoms with Gasteiger partial charge in [-0.1, -0.05) is 18.2 Å². The topological polar surface area (TPSA) is 62.7 Å². The fourth-order valence-corrected chi connectivity index (χ4v) is 2.77. The zero-order valence-electron chi connectivity index (χ0n) is 12.1. The summed E-state index contributed by atoms with van der Waals surface area (Å²) in [4.78, 5) is 15.1. The number of fused-ring (bicyclic) bond motifs is 1. The lowest BCUT2D eigenvalue weighted by atomic mass is 10.1. The molecule has 3 rings (SSSR count). The number of halogens is 1. The molecule has 0 bridgehead atoms. The van der Waals surface area contributed by atoms with Crippen LogP contribution in [0.5, 0.6) is 0 Å². The molecule has 0 saturated heterocycles. The first-order valence-electron chi connectivity index (χ1n) is 7.22. The number of aromatic nitrogens is 3. The van der Waals surface area contributed by atoms with Crippen LogP contribution in [0.15, 0.2) is 47.3 Å². The first-order valence-corrected chi connectivity index (χ1v) is 8.01. The van der Waals surface area contributed by atoms with Crippen molar-refractivity contribution in [2.45, 2.75) is 19.4 Å². The molecule has 0 spiro atoms. The van der Waals surface area contributed by atoms with Crippen molar-refractivity contribution in [3.63, 3.8) is 0 Å². The third-order valence-electron chi connectivity index (χ3n) is 3.56. The Morgan fingerprint density at radius 3 is 3.05 bits per heavy atom. The summed E-state index contributed by atoms with van der Waals surface area (Å²) in [7, 11) is 0. The van der Waals surface area contributed by atoms with Crippen molar-refractivity contribution in [2.75, 3.05) is 6.54 Å². The predicted molar refractivity (Wildman–Crippen MR) is 89.6 cm³/mol. The Kier molecular flexibility index (Phi) is 4.58. The smallest absolute Gasteiger partial charge is 0.221 e. The quantitative estimate of drug-likeness (QED) is 0.709. The van der Waals surface area contributed by atoms with Gasteiger partial charge >= 0.3 is 0 Å². The summed E-state index contributed by atoms with van der Waals surface area (Å²) in [6.07, 6.45) is 6.84. The minimum Gasteiger partial charge on any atom is -0.361 e.